The highest BCUT2D eigenvalue weighted by Crippen LogP contribution is 2.12. The van der Waals surface area contributed by atoms with E-state index in [1.165, 1.54) is 44.9 Å². The van der Waals surface area contributed by atoms with Gasteiger partial charge in [0, 0.05) is 26.0 Å². The molecule has 0 N–H and O–H groups in total. The van der Waals surface area contributed by atoms with Gasteiger partial charge in [-0.3, -0.25) is 0 Å². The second-order valence-electron chi connectivity index (χ2n) is 4.65. The first-order valence-electron chi connectivity index (χ1n) is 6.85. The number of unbranched alkanes of at least 4 members (excludes halogenated alkanes) is 3. The third kappa shape index (κ3) is 6.47. The van der Waals surface area contributed by atoms with Gasteiger partial charge < -0.3 is 9.30 Å². The van der Waals surface area contributed by atoms with Gasteiger partial charge in [-0.1, -0.05) is 32.6 Å². The van der Waals surface area contributed by atoms with E-state index in [0.717, 1.165) is 6.54 Å². The first-order valence-corrected chi connectivity index (χ1v) is 6.85. The molecule has 17 heavy (non-hydrogen) atoms. The van der Waals surface area contributed by atoms with Gasteiger partial charge in [-0.15, -0.1) is 0 Å². The maximum Gasteiger partial charge on any atom is 0.0945 e. The van der Waals surface area contributed by atoms with Crippen LogP contribution in [0.5, 0.6) is 0 Å². The minimum absolute atomic E-state index is 0.475. The van der Waals surface area contributed by atoms with Crippen molar-refractivity contribution >= 4 is 0 Å². The summed E-state index contributed by atoms with van der Waals surface area (Å²) >= 11 is 0. The molecule has 1 atom stereocenters. The number of hydrogen-bond acceptors (Lipinski definition) is 2. The Hall–Kier alpha value is -0.830. The molecule has 0 amide bonds. The largest absolute Gasteiger partial charge is 0.381 e. The molecule has 0 radical (unpaired) electrons. The van der Waals surface area contributed by atoms with Crippen LogP contribution in [0.3, 0.4) is 0 Å². The second kappa shape index (κ2) is 9.23. The third-order valence-electron chi connectivity index (χ3n) is 3.21. The Morgan fingerprint density at radius 1 is 1.18 bits per heavy atom. The summed E-state index contributed by atoms with van der Waals surface area (Å²) in [6.45, 7) is 3.32. The summed E-state index contributed by atoms with van der Waals surface area (Å²) in [5, 5.41) is 0. The molecule has 1 heterocycles. The summed E-state index contributed by atoms with van der Waals surface area (Å²) in [5.41, 5.74) is 0. The van der Waals surface area contributed by atoms with Crippen molar-refractivity contribution in [3.63, 3.8) is 0 Å². The molecule has 0 aromatic carbocycles. The number of methoxy groups -OCH3 is 1. The molecule has 0 spiro atoms. The second-order valence-corrected chi connectivity index (χ2v) is 4.65. The predicted octanol–water partition coefficient (Wildman–Crippen LogP) is 3.65. The van der Waals surface area contributed by atoms with Crippen LogP contribution in [-0.4, -0.2) is 22.8 Å². The molecule has 1 aromatic rings. The van der Waals surface area contributed by atoms with Gasteiger partial charge in [0.1, 0.15) is 0 Å². The number of ether oxygens (including phenoxy) is 1. The highest BCUT2D eigenvalue weighted by Gasteiger charge is 2.05. The molecule has 0 bridgehead atoms. The molecule has 1 rings (SSSR count). The van der Waals surface area contributed by atoms with Crippen molar-refractivity contribution in [3.05, 3.63) is 18.7 Å². The lowest BCUT2D eigenvalue weighted by Gasteiger charge is -2.14. The zero-order valence-electron chi connectivity index (χ0n) is 11.3. The predicted molar refractivity (Wildman–Crippen MR) is 71.0 cm³/mol. The monoisotopic (exact) mass is 238 g/mol. The summed E-state index contributed by atoms with van der Waals surface area (Å²) in [6.07, 6.45) is 15.0. The highest BCUT2D eigenvalue weighted by molar-refractivity contribution is 4.73. The van der Waals surface area contributed by atoms with Gasteiger partial charge in [0.05, 0.1) is 12.4 Å². The van der Waals surface area contributed by atoms with Crippen molar-refractivity contribution < 1.29 is 4.74 Å². The van der Waals surface area contributed by atoms with Gasteiger partial charge in [-0.25, -0.2) is 4.98 Å². The molecule has 0 fully saturated rings. The zero-order valence-corrected chi connectivity index (χ0v) is 11.3. The maximum absolute atomic E-state index is 5.49. The van der Waals surface area contributed by atoms with Crippen molar-refractivity contribution in [1.29, 1.82) is 0 Å². The maximum atomic E-state index is 5.49. The van der Waals surface area contributed by atoms with Crippen molar-refractivity contribution in [2.75, 3.05) is 7.11 Å². The number of nitrogens with zero attached hydrogens (tertiary/aromatic N) is 2. The Morgan fingerprint density at radius 3 is 2.65 bits per heavy atom. The van der Waals surface area contributed by atoms with E-state index in [-0.39, 0.29) is 0 Å². The fourth-order valence-corrected chi connectivity index (χ4v) is 2.07. The lowest BCUT2D eigenvalue weighted by Crippen LogP contribution is -2.10. The van der Waals surface area contributed by atoms with Gasteiger partial charge in [0.15, 0.2) is 0 Å². The Morgan fingerprint density at radius 2 is 2.00 bits per heavy atom. The van der Waals surface area contributed by atoms with E-state index >= 15 is 0 Å². The van der Waals surface area contributed by atoms with E-state index in [1.54, 1.807) is 0 Å². The van der Waals surface area contributed by atoms with Crippen LogP contribution < -0.4 is 0 Å². The van der Waals surface area contributed by atoms with Gasteiger partial charge in [-0.05, 0) is 19.3 Å². The quantitative estimate of drug-likeness (QED) is 0.582. The van der Waals surface area contributed by atoms with Crippen molar-refractivity contribution in [2.45, 2.75) is 64.5 Å². The van der Waals surface area contributed by atoms with Crippen molar-refractivity contribution in [3.8, 4) is 0 Å². The van der Waals surface area contributed by atoms with Gasteiger partial charge >= 0.3 is 0 Å². The molecule has 0 aliphatic carbocycles. The first-order chi connectivity index (χ1) is 8.36. The van der Waals surface area contributed by atoms with Crippen LogP contribution in [-0.2, 0) is 11.3 Å². The standard InChI is InChI=1S/C14H26N2O/c1-3-4-8-14(17-2)9-6-5-7-11-16-12-10-15-13-16/h10,12-14H,3-9,11H2,1-2H3/t14-/m1/s1. The van der Waals surface area contributed by atoms with E-state index < -0.39 is 0 Å². The molecule has 1 aromatic heterocycles. The summed E-state index contributed by atoms with van der Waals surface area (Å²) in [5.74, 6) is 0. The molecule has 0 aliphatic heterocycles. The van der Waals surface area contributed by atoms with Crippen LogP contribution in [0.25, 0.3) is 0 Å². The normalized spacial score (nSPS) is 12.8. The van der Waals surface area contributed by atoms with Crippen molar-refractivity contribution in [1.82, 2.24) is 9.55 Å². The summed E-state index contributed by atoms with van der Waals surface area (Å²) in [4.78, 5) is 4.04. The van der Waals surface area contributed by atoms with E-state index in [0.29, 0.717) is 6.10 Å². The average Bonchev–Trinajstić information content (AvgIpc) is 2.85. The minimum atomic E-state index is 0.475. The van der Waals surface area contributed by atoms with Gasteiger partial charge in [0.25, 0.3) is 0 Å². The molecular formula is C14H26N2O. The Kier molecular flexibility index (Phi) is 7.72. The van der Waals surface area contributed by atoms with Crippen LogP contribution in [0.2, 0.25) is 0 Å². The van der Waals surface area contributed by atoms with E-state index in [4.69, 9.17) is 4.74 Å². The Labute approximate surface area is 105 Å². The lowest BCUT2D eigenvalue weighted by atomic mass is 10.1. The van der Waals surface area contributed by atoms with Gasteiger partial charge in [-0.2, -0.15) is 0 Å². The van der Waals surface area contributed by atoms with Crippen LogP contribution in [0.1, 0.15) is 51.9 Å². The Bertz CT molecular complexity index is 259. The topological polar surface area (TPSA) is 27.1 Å². The number of rotatable bonds is 10. The molecule has 98 valence electrons. The summed E-state index contributed by atoms with van der Waals surface area (Å²) < 4.78 is 7.63. The summed E-state index contributed by atoms with van der Waals surface area (Å²) in [7, 11) is 1.84. The van der Waals surface area contributed by atoms with Crippen LogP contribution in [0.15, 0.2) is 18.7 Å². The fraction of sp³-hybridized carbons (Fsp3) is 0.786. The van der Waals surface area contributed by atoms with Crippen molar-refractivity contribution in [2.24, 2.45) is 0 Å². The number of imidazole rings is 1. The van der Waals surface area contributed by atoms with Crippen LogP contribution in [0.4, 0.5) is 0 Å². The molecular weight excluding hydrogens is 212 g/mol. The first kappa shape index (κ1) is 14.2. The molecule has 3 nitrogen and oxygen atoms in total. The smallest absolute Gasteiger partial charge is 0.0945 e. The molecule has 0 unspecified atom stereocenters. The molecule has 0 saturated heterocycles. The number of aryl methyl sites for hydroxylation is 1. The third-order valence-corrected chi connectivity index (χ3v) is 3.21. The SMILES string of the molecule is CCCC[C@H](CCCCCn1ccnc1)OC. The van der Waals surface area contributed by atoms with E-state index in [9.17, 15) is 0 Å². The Balaban J connectivity index is 1.98. The zero-order chi connectivity index (χ0) is 12.3. The highest BCUT2D eigenvalue weighted by atomic mass is 16.5. The molecule has 3 heteroatoms. The van der Waals surface area contributed by atoms with E-state index in [1.807, 2.05) is 25.8 Å². The molecule has 0 aliphatic rings. The summed E-state index contributed by atoms with van der Waals surface area (Å²) in [6, 6.07) is 0. The fourth-order valence-electron chi connectivity index (χ4n) is 2.07. The number of hydrogen-bond donors (Lipinski definition) is 0. The van der Waals surface area contributed by atoms with Crippen LogP contribution >= 0.6 is 0 Å². The van der Waals surface area contributed by atoms with E-state index in [2.05, 4.69) is 16.5 Å². The van der Waals surface area contributed by atoms with Gasteiger partial charge in [0.2, 0.25) is 0 Å². The lowest BCUT2D eigenvalue weighted by molar-refractivity contribution is 0.0836. The van der Waals surface area contributed by atoms with Crippen LogP contribution in [0, 0.1) is 0 Å². The minimum Gasteiger partial charge on any atom is -0.381 e. The average molecular weight is 238 g/mol. The number of aromatic nitrogens is 2. The molecule has 0 saturated carbocycles.